The van der Waals surface area contributed by atoms with Crippen molar-refractivity contribution in [2.75, 3.05) is 0 Å². The summed E-state index contributed by atoms with van der Waals surface area (Å²) in [5.74, 6) is -0.0625. The molecular formula is C38H42IrNO3-. The van der Waals surface area contributed by atoms with E-state index in [4.69, 9.17) is 14.5 Å². The maximum absolute atomic E-state index is 10.0. The van der Waals surface area contributed by atoms with Crippen LogP contribution in [0.2, 0.25) is 0 Å². The van der Waals surface area contributed by atoms with Gasteiger partial charge in [0.25, 0.3) is 0 Å². The molecule has 0 aliphatic heterocycles. The molecule has 5 heteroatoms. The number of pyridine rings is 1. The van der Waals surface area contributed by atoms with E-state index in [1.165, 1.54) is 60.2 Å². The van der Waals surface area contributed by atoms with Gasteiger partial charge in [0.2, 0.25) is 0 Å². The van der Waals surface area contributed by atoms with Crippen molar-refractivity contribution in [1.82, 2.24) is 4.98 Å². The number of hydrogen-bond donors (Lipinski definition) is 1. The van der Waals surface area contributed by atoms with E-state index >= 15 is 0 Å². The van der Waals surface area contributed by atoms with Gasteiger partial charge in [-0.3, -0.25) is 9.78 Å². The summed E-state index contributed by atoms with van der Waals surface area (Å²) in [6.45, 7) is 19.1. The molecule has 4 nitrogen and oxygen atoms in total. The molecule has 0 saturated heterocycles. The fourth-order valence-corrected chi connectivity index (χ4v) is 6.23. The van der Waals surface area contributed by atoms with Crippen molar-refractivity contribution in [2.45, 2.75) is 91.4 Å². The number of carbonyl (C=O) groups excluding carboxylic acids is 1. The van der Waals surface area contributed by atoms with Crippen LogP contribution in [0.1, 0.15) is 91.8 Å². The zero-order valence-corrected chi connectivity index (χ0v) is 29.1. The molecule has 0 bridgehead atoms. The first-order valence-electron chi connectivity index (χ1n) is 14.8. The van der Waals surface area contributed by atoms with Crippen molar-refractivity contribution in [3.8, 4) is 11.3 Å². The Labute approximate surface area is 268 Å². The van der Waals surface area contributed by atoms with Gasteiger partial charge < -0.3 is 9.52 Å². The van der Waals surface area contributed by atoms with Crippen LogP contribution in [0.5, 0.6) is 0 Å². The molecule has 0 saturated carbocycles. The van der Waals surface area contributed by atoms with Crippen LogP contribution >= 0.6 is 0 Å². The number of carbonyl (C=O) groups is 1. The summed E-state index contributed by atoms with van der Waals surface area (Å²) in [6, 6.07) is 21.2. The molecule has 0 atom stereocenters. The zero-order chi connectivity index (χ0) is 30.6. The maximum atomic E-state index is 10.0. The second-order valence-electron chi connectivity index (χ2n) is 14.1. The molecule has 0 unspecified atom stereocenters. The Kier molecular flexibility index (Phi) is 8.86. The minimum Gasteiger partial charge on any atom is -0.512 e. The average Bonchev–Trinajstić information content (AvgIpc) is 3.27. The second-order valence-corrected chi connectivity index (χ2v) is 14.1. The van der Waals surface area contributed by atoms with Crippen molar-refractivity contribution in [3.05, 3.63) is 89.3 Å². The van der Waals surface area contributed by atoms with Crippen molar-refractivity contribution in [1.29, 1.82) is 0 Å². The van der Waals surface area contributed by atoms with Crippen LogP contribution in [0.4, 0.5) is 0 Å². The molecule has 2 heterocycles. The molecule has 227 valence electrons. The summed E-state index contributed by atoms with van der Waals surface area (Å²) in [7, 11) is 0. The number of fused-ring (bicyclic) bond motifs is 5. The summed E-state index contributed by atoms with van der Waals surface area (Å²) in [6.07, 6.45) is 5.47. The van der Waals surface area contributed by atoms with E-state index in [-0.39, 0.29) is 47.9 Å². The van der Waals surface area contributed by atoms with Gasteiger partial charge in [-0.1, -0.05) is 77.6 Å². The third-order valence-electron chi connectivity index (χ3n) is 8.61. The Morgan fingerprint density at radius 3 is 2.14 bits per heavy atom. The predicted octanol–water partition coefficient (Wildman–Crippen LogP) is 10.3. The second kappa shape index (κ2) is 11.7. The summed E-state index contributed by atoms with van der Waals surface area (Å²) in [5, 5.41) is 13.0. The average molecular weight is 753 g/mol. The summed E-state index contributed by atoms with van der Waals surface area (Å²) in [4.78, 5) is 14.8. The number of aliphatic hydroxyl groups is 1. The van der Waals surface area contributed by atoms with E-state index in [0.717, 1.165) is 33.2 Å². The number of allylic oxidation sites excluding steroid dienone is 2. The number of benzene rings is 3. The Morgan fingerprint density at radius 2 is 1.56 bits per heavy atom. The first-order valence-corrected chi connectivity index (χ1v) is 14.8. The molecule has 1 aliphatic rings. The van der Waals surface area contributed by atoms with Gasteiger partial charge >= 0.3 is 0 Å². The number of ketones is 1. The van der Waals surface area contributed by atoms with Crippen LogP contribution in [0.15, 0.2) is 71.0 Å². The predicted molar refractivity (Wildman–Crippen MR) is 174 cm³/mol. The van der Waals surface area contributed by atoms with Gasteiger partial charge in [-0.25, -0.2) is 0 Å². The van der Waals surface area contributed by atoms with E-state index in [1.807, 2.05) is 6.20 Å². The van der Waals surface area contributed by atoms with E-state index < -0.39 is 0 Å². The minimum atomic E-state index is -0.125. The van der Waals surface area contributed by atoms with Gasteiger partial charge in [0.05, 0.1) is 5.76 Å². The number of aromatic nitrogens is 1. The van der Waals surface area contributed by atoms with Gasteiger partial charge in [-0.05, 0) is 72.3 Å². The minimum absolute atomic E-state index is 0. The number of nitrogens with zero attached hydrogens (tertiary/aromatic N) is 1. The van der Waals surface area contributed by atoms with Crippen molar-refractivity contribution >= 4 is 38.5 Å². The molecule has 1 aliphatic carbocycles. The molecule has 1 N–H and O–H groups in total. The largest absolute Gasteiger partial charge is 0.512 e. The van der Waals surface area contributed by atoms with Crippen molar-refractivity contribution in [2.24, 2.45) is 0 Å². The van der Waals surface area contributed by atoms with Crippen LogP contribution in [0.3, 0.4) is 0 Å². The summed E-state index contributed by atoms with van der Waals surface area (Å²) < 4.78 is 6.62. The fourth-order valence-electron chi connectivity index (χ4n) is 6.23. The maximum Gasteiger partial charge on any atom is 0.155 e. The first kappa shape index (κ1) is 32.6. The standard InChI is InChI=1S/C33H34NO.C5H8O2.Ir/c1-31(2,3)25-17-21(16-20-10-8-9-11-22(20)25)29-30-23(12-15-34-29)24-18-26-27(19-28(24)35-30)33(6,7)14-13-32(26,4)5;1-4(6)3-5(2)7;/h8-12,15,17-19H,13-14H2,1-7H3;3,6H,1-2H3;/q-1;;/b;4-3-;. The van der Waals surface area contributed by atoms with Gasteiger partial charge in [0.15, 0.2) is 5.78 Å². The number of furan rings is 1. The Balaban J connectivity index is 0.000000475. The van der Waals surface area contributed by atoms with E-state index in [2.05, 4.69) is 103 Å². The van der Waals surface area contributed by atoms with Gasteiger partial charge in [0, 0.05) is 48.8 Å². The molecule has 6 rings (SSSR count). The number of rotatable bonds is 2. The quantitative estimate of drug-likeness (QED) is 0.111. The van der Waals surface area contributed by atoms with Crippen LogP contribution in [0.25, 0.3) is 44.0 Å². The topological polar surface area (TPSA) is 63.3 Å². The van der Waals surface area contributed by atoms with Crippen LogP contribution in [0, 0.1) is 6.07 Å². The number of hydrogen-bond acceptors (Lipinski definition) is 4. The number of aliphatic hydroxyl groups excluding tert-OH is 1. The Bertz CT molecular complexity index is 1860. The molecule has 0 fully saturated rings. The molecule has 43 heavy (non-hydrogen) atoms. The summed E-state index contributed by atoms with van der Waals surface area (Å²) >= 11 is 0. The zero-order valence-electron chi connectivity index (χ0n) is 26.7. The van der Waals surface area contributed by atoms with Gasteiger partial charge in [-0.2, -0.15) is 0 Å². The Morgan fingerprint density at radius 1 is 0.930 bits per heavy atom. The first-order chi connectivity index (χ1) is 19.6. The molecular weight excluding hydrogens is 711 g/mol. The van der Waals surface area contributed by atoms with E-state index in [1.54, 1.807) is 0 Å². The molecule has 1 radical (unpaired) electrons. The Hall–Kier alpha value is -3.27. The SMILES string of the molecule is CC(=O)/C=C(/C)O.CC(C)(C)c1cc(-c2nccc3c2oc2cc4c(cc23)C(C)(C)CCC4(C)C)[c-]c2ccccc12.[Ir]. The third kappa shape index (κ3) is 6.35. The van der Waals surface area contributed by atoms with Crippen LogP contribution < -0.4 is 0 Å². The molecule has 2 aromatic heterocycles. The van der Waals surface area contributed by atoms with Crippen LogP contribution in [-0.4, -0.2) is 15.9 Å². The summed E-state index contributed by atoms with van der Waals surface area (Å²) in [5.41, 5.74) is 8.14. The fraction of sp³-hybridized carbons (Fsp3) is 0.368. The van der Waals surface area contributed by atoms with Gasteiger partial charge in [0.1, 0.15) is 11.2 Å². The normalized spacial score (nSPS) is 15.9. The van der Waals surface area contributed by atoms with Gasteiger partial charge in [-0.15, -0.1) is 29.1 Å². The van der Waals surface area contributed by atoms with Crippen molar-refractivity contribution in [3.63, 3.8) is 0 Å². The monoisotopic (exact) mass is 753 g/mol. The van der Waals surface area contributed by atoms with Crippen LogP contribution in [-0.2, 0) is 41.1 Å². The molecule has 0 amide bonds. The van der Waals surface area contributed by atoms with Crippen molar-refractivity contribution < 1.29 is 34.4 Å². The van der Waals surface area contributed by atoms with E-state index in [0.29, 0.717) is 0 Å². The smallest absolute Gasteiger partial charge is 0.155 e. The molecule has 0 spiro atoms. The molecule has 3 aromatic carbocycles. The van der Waals surface area contributed by atoms with E-state index in [9.17, 15) is 4.79 Å². The third-order valence-corrected chi connectivity index (χ3v) is 8.61. The molecule has 5 aromatic rings.